The zero-order valence-electron chi connectivity index (χ0n) is 14.7. The number of hydrogen-bond acceptors (Lipinski definition) is 3. The van der Waals surface area contributed by atoms with Crippen molar-refractivity contribution in [3.05, 3.63) is 61.5 Å². The molecule has 0 atom stereocenters. The number of nitrogens with zero attached hydrogens (tertiary/aromatic N) is 1. The molecule has 26 heavy (non-hydrogen) atoms. The summed E-state index contributed by atoms with van der Waals surface area (Å²) < 4.78 is 7.03. The summed E-state index contributed by atoms with van der Waals surface area (Å²) in [6.45, 7) is 6.29. The predicted molar refractivity (Wildman–Crippen MR) is 111 cm³/mol. The third kappa shape index (κ3) is 4.96. The minimum absolute atomic E-state index is 0.0221. The number of benzene rings is 2. The van der Waals surface area contributed by atoms with Gasteiger partial charge >= 0.3 is 0 Å². The van der Waals surface area contributed by atoms with E-state index in [2.05, 4.69) is 37.2 Å². The lowest BCUT2D eigenvalue weighted by molar-refractivity contribution is -0.112. The largest absolute Gasteiger partial charge is 0.492 e. The number of carbonyl (C=O) groups is 1. The maximum atomic E-state index is 12.5. The molecule has 0 bridgehead atoms. The summed E-state index contributed by atoms with van der Waals surface area (Å²) in [5.41, 5.74) is 3.40. The van der Waals surface area contributed by atoms with E-state index in [1.54, 1.807) is 18.2 Å². The molecule has 4 nitrogen and oxygen atoms in total. The Morgan fingerprint density at radius 3 is 2.46 bits per heavy atom. The van der Waals surface area contributed by atoms with Gasteiger partial charge in [0.25, 0.3) is 5.91 Å². The molecule has 1 N–H and O–H groups in total. The van der Waals surface area contributed by atoms with Gasteiger partial charge in [0.1, 0.15) is 17.4 Å². The van der Waals surface area contributed by atoms with E-state index in [9.17, 15) is 10.1 Å². The topological polar surface area (TPSA) is 62.1 Å². The molecule has 134 valence electrons. The normalized spacial score (nSPS) is 11.0. The van der Waals surface area contributed by atoms with Crippen molar-refractivity contribution in [3.8, 4) is 11.8 Å². The molecule has 0 aliphatic heterocycles. The molecular formula is C20H18Br2N2O2. The number of nitrogens with one attached hydrogen (secondary N) is 1. The molecule has 2 rings (SSSR count). The summed E-state index contributed by atoms with van der Waals surface area (Å²) in [6, 6.07) is 11.4. The number of rotatable bonds is 5. The zero-order chi connectivity index (χ0) is 19.3. The SMILES string of the molecule is CCOc1c(Br)cc(/C=C(\C#N)C(=O)Nc2cc(C)ccc2C)cc1Br. The van der Waals surface area contributed by atoms with Crippen LogP contribution in [0.25, 0.3) is 6.08 Å². The van der Waals surface area contributed by atoms with Crippen molar-refractivity contribution < 1.29 is 9.53 Å². The van der Waals surface area contributed by atoms with E-state index in [0.717, 1.165) is 20.1 Å². The Balaban J connectivity index is 2.31. The van der Waals surface area contributed by atoms with E-state index in [1.165, 1.54) is 0 Å². The first-order valence-corrected chi connectivity index (χ1v) is 9.56. The fourth-order valence-corrected chi connectivity index (χ4v) is 3.77. The van der Waals surface area contributed by atoms with Crippen molar-refractivity contribution in [2.75, 3.05) is 11.9 Å². The van der Waals surface area contributed by atoms with E-state index in [0.29, 0.717) is 23.6 Å². The highest BCUT2D eigenvalue weighted by Gasteiger charge is 2.13. The van der Waals surface area contributed by atoms with E-state index >= 15 is 0 Å². The lowest BCUT2D eigenvalue weighted by atomic mass is 10.1. The van der Waals surface area contributed by atoms with Crippen molar-refractivity contribution in [1.82, 2.24) is 0 Å². The zero-order valence-corrected chi connectivity index (χ0v) is 17.9. The van der Waals surface area contributed by atoms with Gasteiger partial charge in [0.2, 0.25) is 0 Å². The van der Waals surface area contributed by atoms with Crippen LogP contribution in [0.1, 0.15) is 23.6 Å². The Bertz CT molecular complexity index is 892. The molecule has 0 aromatic heterocycles. The molecule has 0 aliphatic rings. The molecule has 0 spiro atoms. The fraction of sp³-hybridized carbons (Fsp3) is 0.200. The average molecular weight is 478 g/mol. The number of anilines is 1. The van der Waals surface area contributed by atoms with Gasteiger partial charge in [0, 0.05) is 5.69 Å². The van der Waals surface area contributed by atoms with Crippen LogP contribution in [-0.2, 0) is 4.79 Å². The van der Waals surface area contributed by atoms with Gasteiger partial charge in [-0.1, -0.05) is 12.1 Å². The Morgan fingerprint density at radius 2 is 1.88 bits per heavy atom. The van der Waals surface area contributed by atoms with Gasteiger partial charge in [-0.2, -0.15) is 5.26 Å². The third-order valence-electron chi connectivity index (χ3n) is 3.63. The second-order valence-electron chi connectivity index (χ2n) is 5.69. The van der Waals surface area contributed by atoms with Crippen LogP contribution in [-0.4, -0.2) is 12.5 Å². The lowest BCUT2D eigenvalue weighted by Gasteiger charge is -2.10. The Hall–Kier alpha value is -2.10. The second-order valence-corrected chi connectivity index (χ2v) is 7.40. The maximum absolute atomic E-state index is 12.5. The Labute approximate surface area is 170 Å². The molecule has 0 heterocycles. The summed E-state index contributed by atoms with van der Waals surface area (Å²) in [7, 11) is 0. The number of nitriles is 1. The third-order valence-corrected chi connectivity index (χ3v) is 4.80. The molecule has 2 aromatic carbocycles. The second kappa shape index (κ2) is 9.02. The standard InChI is InChI=1S/C20H18Br2N2O2/c1-4-26-19-16(21)9-14(10-17(19)22)8-15(11-23)20(25)24-18-7-12(2)5-6-13(18)3/h5-10H,4H2,1-3H3,(H,24,25)/b15-8+. The highest BCUT2D eigenvalue weighted by atomic mass is 79.9. The van der Waals surface area contributed by atoms with Crippen LogP contribution in [0.4, 0.5) is 5.69 Å². The van der Waals surface area contributed by atoms with Crippen molar-refractivity contribution in [1.29, 1.82) is 5.26 Å². The predicted octanol–water partition coefficient (Wildman–Crippen LogP) is 5.77. The van der Waals surface area contributed by atoms with Crippen LogP contribution in [0.2, 0.25) is 0 Å². The van der Waals surface area contributed by atoms with Crippen molar-refractivity contribution in [2.45, 2.75) is 20.8 Å². The number of ether oxygens (including phenoxy) is 1. The average Bonchev–Trinajstić information content (AvgIpc) is 2.59. The Morgan fingerprint density at radius 1 is 1.23 bits per heavy atom. The van der Waals surface area contributed by atoms with Crippen LogP contribution in [0.3, 0.4) is 0 Å². The highest BCUT2D eigenvalue weighted by molar-refractivity contribution is 9.11. The number of aryl methyl sites for hydroxylation is 2. The van der Waals surface area contributed by atoms with Crippen LogP contribution in [0.15, 0.2) is 44.9 Å². The summed E-state index contributed by atoms with van der Waals surface area (Å²) in [5.74, 6) is 0.241. The highest BCUT2D eigenvalue weighted by Crippen LogP contribution is 2.35. The van der Waals surface area contributed by atoms with Gasteiger partial charge < -0.3 is 10.1 Å². The van der Waals surface area contributed by atoms with Gasteiger partial charge in [0.15, 0.2) is 0 Å². The molecule has 0 fully saturated rings. The van der Waals surface area contributed by atoms with Gasteiger partial charge in [-0.3, -0.25) is 4.79 Å². The van der Waals surface area contributed by atoms with Crippen LogP contribution in [0, 0.1) is 25.2 Å². The minimum Gasteiger partial charge on any atom is -0.492 e. The van der Waals surface area contributed by atoms with E-state index in [-0.39, 0.29) is 5.57 Å². The first-order chi connectivity index (χ1) is 12.3. The molecule has 0 unspecified atom stereocenters. The number of amides is 1. The molecule has 0 saturated heterocycles. The first-order valence-electron chi connectivity index (χ1n) is 7.98. The lowest BCUT2D eigenvalue weighted by Crippen LogP contribution is -2.14. The summed E-state index contributed by atoms with van der Waals surface area (Å²) in [5, 5.41) is 12.2. The number of carbonyl (C=O) groups excluding carboxylic acids is 1. The summed E-state index contributed by atoms with van der Waals surface area (Å²) in [4.78, 5) is 12.5. The van der Waals surface area contributed by atoms with Crippen molar-refractivity contribution in [3.63, 3.8) is 0 Å². The maximum Gasteiger partial charge on any atom is 0.266 e. The molecular weight excluding hydrogens is 460 g/mol. The van der Waals surface area contributed by atoms with Gasteiger partial charge in [0.05, 0.1) is 15.6 Å². The number of halogens is 2. The molecule has 6 heteroatoms. The molecule has 2 aromatic rings. The smallest absolute Gasteiger partial charge is 0.266 e. The minimum atomic E-state index is -0.442. The number of hydrogen-bond donors (Lipinski definition) is 1. The van der Waals surface area contributed by atoms with E-state index < -0.39 is 5.91 Å². The van der Waals surface area contributed by atoms with Crippen molar-refractivity contribution >= 4 is 49.5 Å². The summed E-state index contributed by atoms with van der Waals surface area (Å²) >= 11 is 6.90. The summed E-state index contributed by atoms with van der Waals surface area (Å²) in [6.07, 6.45) is 1.55. The van der Waals surface area contributed by atoms with Gasteiger partial charge in [-0.05, 0) is 93.6 Å². The molecule has 1 amide bonds. The molecule has 0 aliphatic carbocycles. The first kappa shape index (κ1) is 20.2. The molecule has 0 saturated carbocycles. The van der Waals surface area contributed by atoms with Gasteiger partial charge in [-0.25, -0.2) is 0 Å². The fourth-order valence-electron chi connectivity index (χ4n) is 2.32. The van der Waals surface area contributed by atoms with E-state index in [4.69, 9.17) is 4.74 Å². The van der Waals surface area contributed by atoms with Crippen LogP contribution in [0.5, 0.6) is 5.75 Å². The molecule has 0 radical (unpaired) electrons. The Kier molecular flexibility index (Phi) is 7.01. The van der Waals surface area contributed by atoms with Crippen LogP contribution >= 0.6 is 31.9 Å². The quantitative estimate of drug-likeness (QED) is 0.439. The van der Waals surface area contributed by atoms with Crippen molar-refractivity contribution in [2.24, 2.45) is 0 Å². The van der Waals surface area contributed by atoms with Gasteiger partial charge in [-0.15, -0.1) is 0 Å². The van der Waals surface area contributed by atoms with Crippen LogP contribution < -0.4 is 10.1 Å². The monoisotopic (exact) mass is 476 g/mol. The van der Waals surface area contributed by atoms with E-state index in [1.807, 2.05) is 45.0 Å².